The van der Waals surface area contributed by atoms with Crippen molar-refractivity contribution in [3.8, 4) is 6.07 Å². The zero-order chi connectivity index (χ0) is 12.3. The number of hydrogen-bond acceptors (Lipinski definition) is 3. The summed E-state index contributed by atoms with van der Waals surface area (Å²) >= 11 is 11.0. The highest BCUT2D eigenvalue weighted by Gasteiger charge is 2.02. The number of rotatable bonds is 3. The van der Waals surface area contributed by atoms with Crippen LogP contribution in [0.25, 0.3) is 0 Å². The zero-order valence-corrected chi connectivity index (χ0v) is 11.9. The lowest BCUT2D eigenvalue weighted by atomic mass is 10.2. The van der Waals surface area contributed by atoms with Gasteiger partial charge in [0.2, 0.25) is 0 Å². The van der Waals surface area contributed by atoms with Gasteiger partial charge >= 0.3 is 0 Å². The lowest BCUT2D eigenvalue weighted by Gasteiger charge is -2.05. The zero-order valence-electron chi connectivity index (χ0n) is 8.71. The normalized spacial score (nSPS) is 9.94. The number of nitrogens with one attached hydrogen (secondary N) is 1. The predicted octanol–water partition coefficient (Wildman–Crippen LogP) is 4.65. The van der Waals surface area contributed by atoms with Gasteiger partial charge in [-0.05, 0) is 46.3 Å². The maximum absolute atomic E-state index is 8.87. The Bertz CT molecular complexity index is 574. The molecule has 2 rings (SSSR count). The minimum absolute atomic E-state index is 0.483. The summed E-state index contributed by atoms with van der Waals surface area (Å²) < 4.78 is 1.11. The van der Waals surface area contributed by atoms with Gasteiger partial charge in [-0.3, -0.25) is 0 Å². The van der Waals surface area contributed by atoms with Gasteiger partial charge in [0.15, 0.2) is 0 Å². The number of nitrogens with zero attached hydrogens (tertiary/aromatic N) is 1. The second-order valence-corrected chi connectivity index (χ2v) is 6.32. The van der Waals surface area contributed by atoms with Crippen LogP contribution in [0.1, 0.15) is 10.4 Å². The summed E-state index contributed by atoms with van der Waals surface area (Å²) in [5, 5.41) is 12.6. The van der Waals surface area contributed by atoms with Crippen molar-refractivity contribution in [3.05, 3.63) is 49.6 Å². The molecular weight excluding hydrogens is 320 g/mol. The van der Waals surface area contributed by atoms with Crippen LogP contribution in [-0.2, 0) is 6.54 Å². The molecule has 1 N–H and O–H groups in total. The van der Waals surface area contributed by atoms with E-state index in [9.17, 15) is 0 Å². The molecule has 0 aliphatic carbocycles. The Balaban J connectivity index is 2.07. The molecule has 2 nitrogen and oxygen atoms in total. The van der Waals surface area contributed by atoms with Crippen molar-refractivity contribution in [1.82, 2.24) is 0 Å². The summed E-state index contributed by atoms with van der Waals surface area (Å²) in [4.78, 5) is 1.23. The van der Waals surface area contributed by atoms with Gasteiger partial charge in [-0.25, -0.2) is 0 Å². The first-order valence-electron chi connectivity index (χ1n) is 4.87. The molecule has 0 fully saturated rings. The van der Waals surface area contributed by atoms with Crippen LogP contribution in [0.4, 0.5) is 5.69 Å². The lowest BCUT2D eigenvalue weighted by molar-refractivity contribution is 1.19. The average molecular weight is 328 g/mol. The van der Waals surface area contributed by atoms with Crippen molar-refractivity contribution < 1.29 is 0 Å². The van der Waals surface area contributed by atoms with E-state index >= 15 is 0 Å². The smallest absolute Gasteiger partial charge is 0.101 e. The fraction of sp³-hybridized carbons (Fsp3) is 0.0833. The van der Waals surface area contributed by atoms with E-state index in [1.54, 1.807) is 23.5 Å². The first-order valence-corrected chi connectivity index (χ1v) is 6.85. The van der Waals surface area contributed by atoms with Crippen LogP contribution < -0.4 is 5.32 Å². The number of benzene rings is 1. The molecule has 0 saturated carbocycles. The Morgan fingerprint density at radius 3 is 2.82 bits per heavy atom. The SMILES string of the molecule is N#Cc1cc(NCc2ccc(Br)s2)ccc1Cl. The van der Waals surface area contributed by atoms with Gasteiger partial charge in [0, 0.05) is 17.1 Å². The third kappa shape index (κ3) is 3.22. The van der Waals surface area contributed by atoms with Crippen molar-refractivity contribution in [2.45, 2.75) is 6.54 Å². The molecule has 0 radical (unpaired) electrons. The van der Waals surface area contributed by atoms with Gasteiger partial charge in [0.05, 0.1) is 14.4 Å². The molecule has 0 amide bonds. The van der Waals surface area contributed by atoms with E-state index in [0.29, 0.717) is 10.6 Å². The van der Waals surface area contributed by atoms with Gasteiger partial charge in [0.25, 0.3) is 0 Å². The van der Waals surface area contributed by atoms with E-state index in [1.807, 2.05) is 12.1 Å². The molecule has 1 heterocycles. The molecule has 0 saturated heterocycles. The molecule has 1 aromatic heterocycles. The first-order chi connectivity index (χ1) is 8.19. The molecule has 2 aromatic rings. The molecule has 1 aromatic carbocycles. The summed E-state index contributed by atoms with van der Waals surface area (Å²) in [6, 6.07) is 11.5. The summed E-state index contributed by atoms with van der Waals surface area (Å²) in [6.45, 7) is 0.739. The van der Waals surface area contributed by atoms with Crippen LogP contribution >= 0.6 is 38.9 Å². The highest BCUT2D eigenvalue weighted by atomic mass is 79.9. The van der Waals surface area contributed by atoms with Crippen LogP contribution in [0.3, 0.4) is 0 Å². The topological polar surface area (TPSA) is 35.8 Å². The molecular formula is C12H8BrClN2S. The van der Waals surface area contributed by atoms with Crippen LogP contribution in [-0.4, -0.2) is 0 Å². The number of anilines is 1. The van der Waals surface area contributed by atoms with Crippen molar-refractivity contribution >= 4 is 44.6 Å². The Kier molecular flexibility index (Phi) is 4.06. The first kappa shape index (κ1) is 12.4. The molecule has 0 aliphatic rings. The van der Waals surface area contributed by atoms with Crippen LogP contribution in [0.15, 0.2) is 34.1 Å². The fourth-order valence-electron chi connectivity index (χ4n) is 1.36. The number of halogens is 2. The monoisotopic (exact) mass is 326 g/mol. The largest absolute Gasteiger partial charge is 0.380 e. The summed E-state index contributed by atoms with van der Waals surface area (Å²) in [5.74, 6) is 0. The molecule has 86 valence electrons. The third-order valence-corrected chi connectivity index (χ3v) is 4.14. The van der Waals surface area contributed by atoms with E-state index in [0.717, 1.165) is 16.0 Å². The molecule has 0 bridgehead atoms. The Hall–Kier alpha value is -1.02. The molecule has 0 aliphatic heterocycles. The lowest BCUT2D eigenvalue weighted by Crippen LogP contribution is -1.97. The van der Waals surface area contributed by atoms with Crippen LogP contribution in [0.2, 0.25) is 5.02 Å². The predicted molar refractivity (Wildman–Crippen MR) is 75.5 cm³/mol. The second kappa shape index (κ2) is 5.54. The summed E-state index contributed by atoms with van der Waals surface area (Å²) in [6.07, 6.45) is 0. The van der Waals surface area contributed by atoms with Gasteiger partial charge in [-0.15, -0.1) is 11.3 Å². The van der Waals surface area contributed by atoms with Gasteiger partial charge in [0.1, 0.15) is 6.07 Å². The molecule has 0 atom stereocenters. The maximum atomic E-state index is 8.87. The van der Waals surface area contributed by atoms with E-state index in [1.165, 1.54) is 4.88 Å². The van der Waals surface area contributed by atoms with E-state index in [4.69, 9.17) is 16.9 Å². The molecule has 0 unspecified atom stereocenters. The Labute approximate surface area is 117 Å². The molecule has 5 heteroatoms. The Morgan fingerprint density at radius 1 is 1.35 bits per heavy atom. The van der Waals surface area contributed by atoms with E-state index in [2.05, 4.69) is 33.4 Å². The van der Waals surface area contributed by atoms with Crippen molar-refractivity contribution in [2.75, 3.05) is 5.32 Å². The second-order valence-electron chi connectivity index (χ2n) is 3.37. The maximum Gasteiger partial charge on any atom is 0.101 e. The highest BCUT2D eigenvalue weighted by Crippen LogP contribution is 2.24. The third-order valence-electron chi connectivity index (χ3n) is 2.18. The van der Waals surface area contributed by atoms with Crippen molar-refractivity contribution in [3.63, 3.8) is 0 Å². The molecule has 0 spiro atoms. The highest BCUT2D eigenvalue weighted by molar-refractivity contribution is 9.11. The quantitative estimate of drug-likeness (QED) is 0.891. The van der Waals surface area contributed by atoms with Gasteiger partial charge in [-0.1, -0.05) is 11.6 Å². The molecule has 17 heavy (non-hydrogen) atoms. The van der Waals surface area contributed by atoms with Crippen LogP contribution in [0, 0.1) is 11.3 Å². The Morgan fingerprint density at radius 2 is 2.18 bits per heavy atom. The number of nitriles is 1. The van der Waals surface area contributed by atoms with E-state index < -0.39 is 0 Å². The van der Waals surface area contributed by atoms with Crippen LogP contribution in [0.5, 0.6) is 0 Å². The fourth-order valence-corrected chi connectivity index (χ4v) is 2.94. The average Bonchev–Trinajstić information content (AvgIpc) is 2.74. The summed E-state index contributed by atoms with van der Waals surface area (Å²) in [7, 11) is 0. The minimum atomic E-state index is 0.483. The number of hydrogen-bond donors (Lipinski definition) is 1. The number of thiophene rings is 1. The van der Waals surface area contributed by atoms with Crippen molar-refractivity contribution in [2.24, 2.45) is 0 Å². The summed E-state index contributed by atoms with van der Waals surface area (Å²) in [5.41, 5.74) is 1.39. The van der Waals surface area contributed by atoms with Gasteiger partial charge in [-0.2, -0.15) is 5.26 Å². The van der Waals surface area contributed by atoms with Gasteiger partial charge < -0.3 is 5.32 Å². The minimum Gasteiger partial charge on any atom is -0.380 e. The van der Waals surface area contributed by atoms with Crippen molar-refractivity contribution in [1.29, 1.82) is 5.26 Å². The standard InChI is InChI=1S/C12H8BrClN2S/c13-12-4-2-10(17-12)7-16-9-1-3-11(14)8(5-9)6-15/h1-5,16H,7H2. The van der Waals surface area contributed by atoms with E-state index in [-0.39, 0.29) is 0 Å².